The fourth-order valence-electron chi connectivity index (χ4n) is 1.44. The first-order valence-corrected chi connectivity index (χ1v) is 5.48. The van der Waals surface area contributed by atoms with E-state index in [4.69, 9.17) is 5.26 Å². The third-order valence-corrected chi connectivity index (χ3v) is 2.51. The summed E-state index contributed by atoms with van der Waals surface area (Å²) in [6.45, 7) is 2.46. The molecule has 4 nitrogen and oxygen atoms in total. The van der Waals surface area contributed by atoms with Gasteiger partial charge in [-0.05, 0) is 24.6 Å². The van der Waals surface area contributed by atoms with Crippen LogP contribution in [0.15, 0.2) is 24.3 Å². The van der Waals surface area contributed by atoms with Gasteiger partial charge < -0.3 is 10.2 Å². The van der Waals surface area contributed by atoms with Crippen molar-refractivity contribution in [2.24, 2.45) is 0 Å². The van der Waals surface area contributed by atoms with Gasteiger partial charge in [-0.25, -0.2) is 0 Å². The summed E-state index contributed by atoms with van der Waals surface area (Å²) in [5, 5.41) is 11.8. The maximum Gasteiger partial charge on any atom is 0.238 e. The first-order valence-electron chi connectivity index (χ1n) is 5.48. The van der Waals surface area contributed by atoms with Crippen LogP contribution < -0.4 is 5.32 Å². The number of benzene rings is 1. The van der Waals surface area contributed by atoms with Crippen LogP contribution in [0.4, 0.5) is 0 Å². The molecule has 1 unspecified atom stereocenters. The van der Waals surface area contributed by atoms with Crippen molar-refractivity contribution in [1.29, 1.82) is 5.26 Å². The van der Waals surface area contributed by atoms with Crippen molar-refractivity contribution < 1.29 is 4.79 Å². The Kier molecular flexibility index (Phi) is 4.68. The highest BCUT2D eigenvalue weighted by Crippen LogP contribution is 2.03. The maximum absolute atomic E-state index is 11.6. The minimum Gasteiger partial charge on any atom is -0.347 e. The van der Waals surface area contributed by atoms with Gasteiger partial charge in [0.1, 0.15) is 0 Å². The van der Waals surface area contributed by atoms with Crippen molar-refractivity contribution in [1.82, 2.24) is 10.2 Å². The highest BCUT2D eigenvalue weighted by Gasteiger charge is 2.13. The molecule has 0 saturated carbocycles. The number of rotatable bonds is 4. The summed E-state index contributed by atoms with van der Waals surface area (Å²) in [5.41, 5.74) is 1.70. The average molecular weight is 231 g/mol. The van der Waals surface area contributed by atoms with Crippen LogP contribution in [0.3, 0.4) is 0 Å². The van der Waals surface area contributed by atoms with Gasteiger partial charge in [-0.2, -0.15) is 5.26 Å². The van der Waals surface area contributed by atoms with E-state index < -0.39 is 0 Å². The van der Waals surface area contributed by atoms with Crippen molar-refractivity contribution in [2.75, 3.05) is 14.1 Å². The molecule has 0 fully saturated rings. The Morgan fingerprint density at radius 2 is 2.00 bits per heavy atom. The largest absolute Gasteiger partial charge is 0.347 e. The topological polar surface area (TPSA) is 56.1 Å². The SMILES string of the molecule is CC(NCc1ccc(C#N)cc1)C(=O)N(C)C. The Labute approximate surface area is 102 Å². The van der Waals surface area contributed by atoms with E-state index in [1.807, 2.05) is 19.1 Å². The van der Waals surface area contributed by atoms with Gasteiger partial charge in [0.25, 0.3) is 0 Å². The Hall–Kier alpha value is -1.86. The third kappa shape index (κ3) is 3.89. The second-order valence-corrected chi connectivity index (χ2v) is 4.14. The summed E-state index contributed by atoms with van der Waals surface area (Å²) in [6, 6.07) is 9.18. The van der Waals surface area contributed by atoms with Crippen molar-refractivity contribution >= 4 is 5.91 Å². The number of carbonyl (C=O) groups is 1. The highest BCUT2D eigenvalue weighted by molar-refractivity contribution is 5.80. The Balaban J connectivity index is 2.50. The second-order valence-electron chi connectivity index (χ2n) is 4.14. The van der Waals surface area contributed by atoms with Gasteiger partial charge in [0.15, 0.2) is 0 Å². The Morgan fingerprint density at radius 3 is 2.47 bits per heavy atom. The van der Waals surface area contributed by atoms with E-state index in [0.717, 1.165) is 5.56 Å². The van der Waals surface area contributed by atoms with Crippen LogP contribution in [0.25, 0.3) is 0 Å². The molecule has 1 N–H and O–H groups in total. The first kappa shape index (κ1) is 13.2. The van der Waals surface area contributed by atoms with Crippen molar-refractivity contribution in [2.45, 2.75) is 19.5 Å². The molecule has 1 amide bonds. The zero-order chi connectivity index (χ0) is 12.8. The molecule has 0 radical (unpaired) electrons. The predicted octanol–water partition coefficient (Wildman–Crippen LogP) is 1.12. The number of nitrogens with one attached hydrogen (secondary N) is 1. The molecule has 0 saturated heterocycles. The quantitative estimate of drug-likeness (QED) is 0.845. The minimum absolute atomic E-state index is 0.0543. The molecule has 0 aliphatic rings. The normalized spacial score (nSPS) is 11.6. The van der Waals surface area contributed by atoms with Crippen LogP contribution in [0.5, 0.6) is 0 Å². The summed E-state index contributed by atoms with van der Waals surface area (Å²) in [5.74, 6) is 0.0543. The summed E-state index contributed by atoms with van der Waals surface area (Å²) in [4.78, 5) is 13.2. The highest BCUT2D eigenvalue weighted by atomic mass is 16.2. The summed E-state index contributed by atoms with van der Waals surface area (Å²) in [7, 11) is 3.48. The second kappa shape index (κ2) is 6.02. The number of likely N-dealkylation sites (N-methyl/N-ethyl adjacent to an activating group) is 1. The molecule has 0 bridgehead atoms. The van der Waals surface area contributed by atoms with Crippen molar-refractivity contribution in [3.63, 3.8) is 0 Å². The summed E-state index contributed by atoms with van der Waals surface area (Å²) >= 11 is 0. The number of nitrogens with zero attached hydrogens (tertiary/aromatic N) is 2. The Bertz CT molecular complexity index is 417. The predicted molar refractivity (Wildman–Crippen MR) is 66.2 cm³/mol. The molecule has 0 aliphatic carbocycles. The molecule has 1 rings (SSSR count). The van der Waals surface area contributed by atoms with Crippen LogP contribution >= 0.6 is 0 Å². The first-order chi connectivity index (χ1) is 8.04. The van der Waals surface area contributed by atoms with Gasteiger partial charge >= 0.3 is 0 Å². The average Bonchev–Trinajstić information content (AvgIpc) is 2.35. The third-order valence-electron chi connectivity index (χ3n) is 2.51. The standard InChI is InChI=1S/C13H17N3O/c1-10(13(17)16(2)3)15-9-12-6-4-11(8-14)5-7-12/h4-7,10,15H,9H2,1-3H3. The van der Waals surface area contributed by atoms with Gasteiger partial charge in [0, 0.05) is 20.6 Å². The fraction of sp³-hybridized carbons (Fsp3) is 0.385. The molecule has 1 aromatic carbocycles. The zero-order valence-electron chi connectivity index (χ0n) is 10.4. The lowest BCUT2D eigenvalue weighted by molar-refractivity contribution is -0.130. The van der Waals surface area contributed by atoms with Gasteiger partial charge in [-0.1, -0.05) is 12.1 Å². The van der Waals surface area contributed by atoms with Crippen molar-refractivity contribution in [3.05, 3.63) is 35.4 Å². The summed E-state index contributed by atoms with van der Waals surface area (Å²) in [6.07, 6.45) is 0. The maximum atomic E-state index is 11.6. The number of hydrogen-bond acceptors (Lipinski definition) is 3. The minimum atomic E-state index is -0.208. The summed E-state index contributed by atoms with van der Waals surface area (Å²) < 4.78 is 0. The fourth-order valence-corrected chi connectivity index (χ4v) is 1.44. The van der Waals surface area contributed by atoms with Crippen LogP contribution in [0.1, 0.15) is 18.1 Å². The van der Waals surface area contributed by atoms with Gasteiger partial charge in [-0.15, -0.1) is 0 Å². The smallest absolute Gasteiger partial charge is 0.238 e. The number of hydrogen-bond donors (Lipinski definition) is 1. The van der Waals surface area contributed by atoms with E-state index in [0.29, 0.717) is 12.1 Å². The van der Waals surface area contributed by atoms with Crippen molar-refractivity contribution in [3.8, 4) is 6.07 Å². The molecule has 0 spiro atoms. The molecule has 0 aliphatic heterocycles. The van der Waals surface area contributed by atoms with Gasteiger partial charge in [0.2, 0.25) is 5.91 Å². The molecular weight excluding hydrogens is 214 g/mol. The van der Waals surface area contributed by atoms with Gasteiger partial charge in [0.05, 0.1) is 17.7 Å². The molecule has 90 valence electrons. The molecule has 1 aromatic rings. The van der Waals surface area contributed by atoms with E-state index in [2.05, 4.69) is 11.4 Å². The monoisotopic (exact) mass is 231 g/mol. The number of nitriles is 1. The number of carbonyl (C=O) groups excluding carboxylic acids is 1. The molecule has 0 heterocycles. The van der Waals surface area contributed by atoms with E-state index in [1.54, 1.807) is 31.1 Å². The van der Waals surface area contributed by atoms with Crippen LogP contribution in [-0.2, 0) is 11.3 Å². The van der Waals surface area contributed by atoms with E-state index in [1.165, 1.54) is 0 Å². The molecular formula is C13H17N3O. The van der Waals surface area contributed by atoms with Crippen LogP contribution in [-0.4, -0.2) is 30.9 Å². The van der Waals surface area contributed by atoms with E-state index in [9.17, 15) is 4.79 Å². The van der Waals surface area contributed by atoms with Gasteiger partial charge in [-0.3, -0.25) is 4.79 Å². The number of amides is 1. The van der Waals surface area contributed by atoms with Crippen LogP contribution in [0.2, 0.25) is 0 Å². The molecule has 17 heavy (non-hydrogen) atoms. The zero-order valence-corrected chi connectivity index (χ0v) is 10.4. The lowest BCUT2D eigenvalue weighted by Gasteiger charge is -2.18. The lowest BCUT2D eigenvalue weighted by atomic mass is 10.1. The van der Waals surface area contributed by atoms with E-state index >= 15 is 0 Å². The van der Waals surface area contributed by atoms with Crippen LogP contribution in [0, 0.1) is 11.3 Å². The van der Waals surface area contributed by atoms with E-state index in [-0.39, 0.29) is 11.9 Å². The lowest BCUT2D eigenvalue weighted by Crippen LogP contribution is -2.41. The molecule has 0 aromatic heterocycles. The Morgan fingerprint density at radius 1 is 1.41 bits per heavy atom. The molecule has 4 heteroatoms. The molecule has 1 atom stereocenters.